The predicted octanol–water partition coefficient (Wildman–Crippen LogP) is 3.84. The molecular weight excluding hydrogens is 280 g/mol. The van der Waals surface area contributed by atoms with Crippen molar-refractivity contribution >= 4 is 5.97 Å². The van der Waals surface area contributed by atoms with E-state index in [-0.39, 0.29) is 11.9 Å². The molecule has 4 heteroatoms. The van der Waals surface area contributed by atoms with Crippen LogP contribution in [-0.2, 0) is 14.3 Å². The minimum atomic E-state index is -0.135. The number of ether oxygens (including phenoxy) is 3. The summed E-state index contributed by atoms with van der Waals surface area (Å²) >= 11 is 0. The molecule has 1 atom stereocenters. The van der Waals surface area contributed by atoms with Crippen LogP contribution in [0.25, 0.3) is 0 Å². The first-order valence-corrected chi connectivity index (χ1v) is 8.16. The van der Waals surface area contributed by atoms with Crippen molar-refractivity contribution in [2.24, 2.45) is 5.92 Å². The van der Waals surface area contributed by atoms with E-state index in [1.807, 2.05) is 44.2 Å². The molecule has 0 fully saturated rings. The Hall–Kier alpha value is -1.55. The van der Waals surface area contributed by atoms with E-state index in [0.29, 0.717) is 19.8 Å². The molecule has 1 aromatic carbocycles. The van der Waals surface area contributed by atoms with Crippen LogP contribution in [0.4, 0.5) is 0 Å². The molecule has 0 radical (unpaired) electrons. The van der Waals surface area contributed by atoms with Gasteiger partial charge in [-0.3, -0.25) is 4.79 Å². The standard InChI is InChI=1S/C18H28O4/c1-3-16(2)18(19)22-15-14-20-12-8-5-9-13-21-17-10-6-4-7-11-17/h4,6-7,10-11,16H,3,5,8-9,12-15H2,1-2H3. The van der Waals surface area contributed by atoms with Gasteiger partial charge in [0.15, 0.2) is 0 Å². The number of para-hydroxylation sites is 1. The van der Waals surface area contributed by atoms with Gasteiger partial charge in [0, 0.05) is 6.61 Å². The van der Waals surface area contributed by atoms with Gasteiger partial charge in [-0.1, -0.05) is 32.0 Å². The molecule has 0 aliphatic rings. The van der Waals surface area contributed by atoms with Gasteiger partial charge in [-0.05, 0) is 37.8 Å². The van der Waals surface area contributed by atoms with Crippen LogP contribution in [0.15, 0.2) is 30.3 Å². The fourth-order valence-corrected chi connectivity index (χ4v) is 1.80. The van der Waals surface area contributed by atoms with Gasteiger partial charge in [-0.25, -0.2) is 0 Å². The van der Waals surface area contributed by atoms with Crippen LogP contribution in [0.2, 0.25) is 0 Å². The molecule has 1 aromatic rings. The first kappa shape index (κ1) is 18.5. The van der Waals surface area contributed by atoms with E-state index < -0.39 is 0 Å². The molecule has 1 unspecified atom stereocenters. The van der Waals surface area contributed by atoms with Crippen LogP contribution in [0.5, 0.6) is 5.75 Å². The van der Waals surface area contributed by atoms with E-state index in [0.717, 1.165) is 38.0 Å². The van der Waals surface area contributed by atoms with Crippen molar-refractivity contribution in [2.45, 2.75) is 39.5 Å². The molecule has 0 aromatic heterocycles. The SMILES string of the molecule is CCC(C)C(=O)OCCOCCCCCOc1ccccc1. The van der Waals surface area contributed by atoms with Crippen molar-refractivity contribution < 1.29 is 19.0 Å². The Labute approximate surface area is 133 Å². The molecule has 0 amide bonds. The van der Waals surface area contributed by atoms with Gasteiger partial charge in [-0.2, -0.15) is 0 Å². The van der Waals surface area contributed by atoms with Crippen LogP contribution >= 0.6 is 0 Å². The number of esters is 1. The number of rotatable bonds is 12. The van der Waals surface area contributed by atoms with Crippen LogP contribution in [-0.4, -0.2) is 32.4 Å². The number of benzene rings is 1. The predicted molar refractivity (Wildman–Crippen MR) is 87.0 cm³/mol. The highest BCUT2D eigenvalue weighted by molar-refractivity contribution is 5.71. The molecule has 0 spiro atoms. The van der Waals surface area contributed by atoms with E-state index >= 15 is 0 Å². The summed E-state index contributed by atoms with van der Waals surface area (Å²) in [5.41, 5.74) is 0. The minimum absolute atomic E-state index is 0.0235. The van der Waals surface area contributed by atoms with Gasteiger partial charge < -0.3 is 14.2 Å². The normalized spacial score (nSPS) is 11.9. The molecule has 124 valence electrons. The third-order valence-corrected chi connectivity index (χ3v) is 3.43. The molecular formula is C18H28O4. The Morgan fingerprint density at radius 2 is 1.73 bits per heavy atom. The molecule has 0 saturated heterocycles. The zero-order valence-electron chi connectivity index (χ0n) is 13.8. The summed E-state index contributed by atoms with van der Waals surface area (Å²) < 4.78 is 16.2. The second-order valence-corrected chi connectivity index (χ2v) is 5.31. The van der Waals surface area contributed by atoms with E-state index in [4.69, 9.17) is 14.2 Å². The van der Waals surface area contributed by atoms with Crippen LogP contribution in [0, 0.1) is 5.92 Å². The monoisotopic (exact) mass is 308 g/mol. The number of unbranched alkanes of at least 4 members (excludes halogenated alkanes) is 2. The smallest absolute Gasteiger partial charge is 0.308 e. The minimum Gasteiger partial charge on any atom is -0.494 e. The van der Waals surface area contributed by atoms with Crippen LogP contribution < -0.4 is 4.74 Å². The van der Waals surface area contributed by atoms with Crippen molar-refractivity contribution in [3.05, 3.63) is 30.3 Å². The van der Waals surface area contributed by atoms with Gasteiger partial charge >= 0.3 is 5.97 Å². The van der Waals surface area contributed by atoms with Gasteiger partial charge in [0.1, 0.15) is 12.4 Å². The Bertz CT molecular complexity index is 391. The lowest BCUT2D eigenvalue weighted by Gasteiger charge is -2.09. The fourth-order valence-electron chi connectivity index (χ4n) is 1.80. The zero-order chi connectivity index (χ0) is 16.0. The third-order valence-electron chi connectivity index (χ3n) is 3.43. The quantitative estimate of drug-likeness (QED) is 0.435. The second-order valence-electron chi connectivity index (χ2n) is 5.31. The molecule has 4 nitrogen and oxygen atoms in total. The van der Waals surface area contributed by atoms with E-state index in [1.165, 1.54) is 0 Å². The molecule has 0 aliphatic heterocycles. The number of hydrogen-bond donors (Lipinski definition) is 0. The van der Waals surface area contributed by atoms with Crippen molar-refractivity contribution in [2.75, 3.05) is 26.4 Å². The highest BCUT2D eigenvalue weighted by Gasteiger charge is 2.10. The van der Waals surface area contributed by atoms with Crippen LogP contribution in [0.1, 0.15) is 39.5 Å². The van der Waals surface area contributed by atoms with Gasteiger partial charge in [-0.15, -0.1) is 0 Å². The summed E-state index contributed by atoms with van der Waals surface area (Å²) in [6, 6.07) is 9.84. The van der Waals surface area contributed by atoms with E-state index in [1.54, 1.807) is 0 Å². The molecule has 0 aliphatic carbocycles. The Morgan fingerprint density at radius 1 is 1.00 bits per heavy atom. The van der Waals surface area contributed by atoms with Crippen molar-refractivity contribution in [1.82, 2.24) is 0 Å². The number of carbonyl (C=O) groups is 1. The fraction of sp³-hybridized carbons (Fsp3) is 0.611. The second kappa shape index (κ2) is 12.0. The highest BCUT2D eigenvalue weighted by Crippen LogP contribution is 2.09. The van der Waals surface area contributed by atoms with Gasteiger partial charge in [0.25, 0.3) is 0 Å². The lowest BCUT2D eigenvalue weighted by molar-refractivity contribution is -0.149. The lowest BCUT2D eigenvalue weighted by atomic mass is 10.1. The molecule has 22 heavy (non-hydrogen) atoms. The molecule has 1 rings (SSSR count). The topological polar surface area (TPSA) is 44.8 Å². The largest absolute Gasteiger partial charge is 0.494 e. The molecule has 0 saturated carbocycles. The highest BCUT2D eigenvalue weighted by atomic mass is 16.6. The molecule has 0 heterocycles. The van der Waals surface area contributed by atoms with Crippen molar-refractivity contribution in [1.29, 1.82) is 0 Å². The molecule has 0 bridgehead atoms. The van der Waals surface area contributed by atoms with Crippen LogP contribution in [0.3, 0.4) is 0 Å². The Kier molecular flexibility index (Phi) is 10.1. The maximum atomic E-state index is 11.4. The Morgan fingerprint density at radius 3 is 2.45 bits per heavy atom. The van der Waals surface area contributed by atoms with Gasteiger partial charge in [0.2, 0.25) is 0 Å². The summed E-state index contributed by atoms with van der Waals surface area (Å²) in [4.78, 5) is 11.4. The summed E-state index contributed by atoms with van der Waals surface area (Å²) in [6.07, 6.45) is 3.89. The summed E-state index contributed by atoms with van der Waals surface area (Å²) in [7, 11) is 0. The first-order valence-electron chi connectivity index (χ1n) is 8.16. The van der Waals surface area contributed by atoms with Crippen molar-refractivity contribution in [3.8, 4) is 5.75 Å². The Balaban J connectivity index is 1.85. The lowest BCUT2D eigenvalue weighted by Crippen LogP contribution is -2.17. The average molecular weight is 308 g/mol. The van der Waals surface area contributed by atoms with Crippen molar-refractivity contribution in [3.63, 3.8) is 0 Å². The molecule has 0 N–H and O–H groups in total. The summed E-state index contributed by atoms with van der Waals surface area (Å²) in [6.45, 7) is 6.11. The maximum absolute atomic E-state index is 11.4. The summed E-state index contributed by atoms with van der Waals surface area (Å²) in [5.74, 6) is 0.760. The van der Waals surface area contributed by atoms with Gasteiger partial charge in [0.05, 0.1) is 19.1 Å². The number of hydrogen-bond acceptors (Lipinski definition) is 4. The first-order chi connectivity index (χ1) is 10.7. The van der Waals surface area contributed by atoms with E-state index in [9.17, 15) is 4.79 Å². The average Bonchev–Trinajstić information content (AvgIpc) is 2.56. The third kappa shape index (κ3) is 8.67. The number of carbonyl (C=O) groups excluding carboxylic acids is 1. The van der Waals surface area contributed by atoms with E-state index in [2.05, 4.69) is 0 Å². The summed E-state index contributed by atoms with van der Waals surface area (Å²) in [5, 5.41) is 0. The maximum Gasteiger partial charge on any atom is 0.308 e. The zero-order valence-corrected chi connectivity index (χ0v) is 13.8.